The number of benzene rings is 2. The van der Waals surface area contributed by atoms with Crippen LogP contribution in [-0.2, 0) is 10.3 Å². The summed E-state index contributed by atoms with van der Waals surface area (Å²) in [6, 6.07) is 10.9. The van der Waals surface area contributed by atoms with Crippen LogP contribution >= 0.6 is 44.1 Å². The number of amides is 1. The standard InChI is InChI=1S/C19H13Br2N3O4S/c1-23-13-5-3-2-4-11(13)19(17(23)25)15-10-6-9(20)7-12(21)14(10)28-8-18(15,24(26)27)16(29)22-19/h2-7,15H,8H2,1H3,(H,22,29)/t15-,18-,19+/m1/s1. The van der Waals surface area contributed by atoms with Crippen molar-refractivity contribution in [2.24, 2.45) is 0 Å². The maximum Gasteiger partial charge on any atom is 0.314 e. The molecule has 1 spiro atoms. The van der Waals surface area contributed by atoms with Gasteiger partial charge in [0.2, 0.25) is 0 Å². The number of rotatable bonds is 1. The third-order valence-electron chi connectivity index (χ3n) is 6.06. The van der Waals surface area contributed by atoms with Gasteiger partial charge in [-0.3, -0.25) is 14.9 Å². The zero-order valence-corrected chi connectivity index (χ0v) is 18.9. The molecular formula is C19H13Br2N3O4S. The van der Waals surface area contributed by atoms with Gasteiger partial charge in [0.05, 0.1) is 4.47 Å². The number of fused-ring (bicyclic) bond motifs is 6. The predicted octanol–water partition coefficient (Wildman–Crippen LogP) is 3.51. The highest BCUT2D eigenvalue weighted by molar-refractivity contribution is 9.11. The average molecular weight is 539 g/mol. The van der Waals surface area contributed by atoms with Gasteiger partial charge in [0.15, 0.2) is 17.1 Å². The lowest BCUT2D eigenvalue weighted by Crippen LogP contribution is -2.57. The fourth-order valence-corrected chi connectivity index (χ4v) is 6.63. The third-order valence-corrected chi connectivity index (χ3v) is 7.56. The van der Waals surface area contributed by atoms with E-state index >= 15 is 0 Å². The number of para-hydroxylation sites is 1. The molecule has 0 bridgehead atoms. The van der Waals surface area contributed by atoms with Crippen molar-refractivity contribution in [2.75, 3.05) is 18.6 Å². The van der Waals surface area contributed by atoms with Crippen molar-refractivity contribution in [3.05, 3.63) is 66.6 Å². The number of halogens is 2. The maximum atomic E-state index is 13.6. The van der Waals surface area contributed by atoms with Gasteiger partial charge >= 0.3 is 5.54 Å². The van der Waals surface area contributed by atoms with E-state index in [1.807, 2.05) is 30.3 Å². The Morgan fingerprint density at radius 2 is 2.07 bits per heavy atom. The van der Waals surface area contributed by atoms with Crippen LogP contribution in [0.2, 0.25) is 0 Å². The second-order valence-corrected chi connectivity index (χ2v) is 9.53. The molecule has 148 valence electrons. The van der Waals surface area contributed by atoms with Gasteiger partial charge in [-0.05, 0) is 34.1 Å². The van der Waals surface area contributed by atoms with Gasteiger partial charge in [0.25, 0.3) is 5.91 Å². The molecule has 5 rings (SSSR count). The van der Waals surface area contributed by atoms with Crippen molar-refractivity contribution >= 4 is 60.7 Å². The number of hydrogen-bond donors (Lipinski definition) is 1. The molecule has 10 heteroatoms. The summed E-state index contributed by atoms with van der Waals surface area (Å²) in [5.41, 5.74) is -1.20. The first-order valence-corrected chi connectivity index (χ1v) is 10.7. The van der Waals surface area contributed by atoms with Crippen molar-refractivity contribution < 1.29 is 14.5 Å². The Kier molecular flexibility index (Phi) is 3.92. The minimum Gasteiger partial charge on any atom is -0.484 e. The molecule has 2 aromatic carbocycles. The van der Waals surface area contributed by atoms with E-state index in [9.17, 15) is 14.9 Å². The minimum atomic E-state index is -1.75. The van der Waals surface area contributed by atoms with Crippen LogP contribution in [-0.4, -0.2) is 35.0 Å². The summed E-state index contributed by atoms with van der Waals surface area (Å²) >= 11 is 12.4. The number of ether oxygens (including phenoxy) is 1. The first kappa shape index (κ1) is 19.0. The average Bonchev–Trinajstić information content (AvgIpc) is 3.08. The lowest BCUT2D eigenvalue weighted by molar-refractivity contribution is -0.554. The van der Waals surface area contributed by atoms with Gasteiger partial charge in [0.1, 0.15) is 11.7 Å². The Morgan fingerprint density at radius 1 is 1.34 bits per heavy atom. The summed E-state index contributed by atoms with van der Waals surface area (Å²) in [6.07, 6.45) is 0. The highest BCUT2D eigenvalue weighted by Crippen LogP contribution is 2.60. The molecule has 0 unspecified atom stereocenters. The van der Waals surface area contributed by atoms with Crippen LogP contribution in [0.15, 0.2) is 45.3 Å². The van der Waals surface area contributed by atoms with E-state index in [1.54, 1.807) is 13.1 Å². The summed E-state index contributed by atoms with van der Waals surface area (Å²) in [6.45, 7) is -0.259. The number of nitrogens with one attached hydrogen (secondary N) is 1. The monoisotopic (exact) mass is 537 g/mol. The number of nitrogens with zero attached hydrogens (tertiary/aromatic N) is 2. The van der Waals surface area contributed by atoms with Gasteiger partial charge in [-0.1, -0.05) is 46.3 Å². The molecule has 3 heterocycles. The fourth-order valence-electron chi connectivity index (χ4n) is 4.85. The number of anilines is 1. The number of likely N-dealkylation sites (N-methyl/N-ethyl adjacent to an activating group) is 1. The Bertz CT molecular complexity index is 1140. The predicted molar refractivity (Wildman–Crippen MR) is 117 cm³/mol. The van der Waals surface area contributed by atoms with E-state index in [1.165, 1.54) is 4.90 Å². The highest BCUT2D eigenvalue weighted by Gasteiger charge is 2.76. The zero-order valence-electron chi connectivity index (χ0n) is 14.9. The van der Waals surface area contributed by atoms with E-state index in [0.717, 1.165) is 0 Å². The zero-order chi connectivity index (χ0) is 20.7. The van der Waals surface area contributed by atoms with Crippen molar-refractivity contribution in [3.8, 4) is 5.75 Å². The highest BCUT2D eigenvalue weighted by atomic mass is 79.9. The van der Waals surface area contributed by atoms with Crippen LogP contribution < -0.4 is 15.0 Å². The van der Waals surface area contributed by atoms with Gasteiger partial charge < -0.3 is 15.0 Å². The third kappa shape index (κ3) is 2.11. The summed E-state index contributed by atoms with van der Waals surface area (Å²) < 4.78 is 7.21. The van der Waals surface area contributed by atoms with Crippen molar-refractivity contribution in [1.29, 1.82) is 0 Å². The van der Waals surface area contributed by atoms with Gasteiger partial charge in [-0.15, -0.1) is 0 Å². The Morgan fingerprint density at radius 3 is 2.79 bits per heavy atom. The number of carbonyl (C=O) groups is 1. The molecule has 1 N–H and O–H groups in total. The lowest BCUT2D eigenvalue weighted by Gasteiger charge is -2.38. The molecule has 29 heavy (non-hydrogen) atoms. The second-order valence-electron chi connectivity index (χ2n) is 7.35. The van der Waals surface area contributed by atoms with Crippen molar-refractivity contribution in [2.45, 2.75) is 17.0 Å². The molecule has 3 atom stereocenters. The van der Waals surface area contributed by atoms with Gasteiger partial charge in [-0.2, -0.15) is 0 Å². The smallest absolute Gasteiger partial charge is 0.314 e. The molecule has 1 fully saturated rings. The largest absolute Gasteiger partial charge is 0.484 e. The summed E-state index contributed by atoms with van der Waals surface area (Å²) in [5.74, 6) is -0.672. The molecule has 0 saturated carbocycles. The Hall–Kier alpha value is -2.04. The normalized spacial score (nSPS) is 29.2. The van der Waals surface area contributed by atoms with Crippen molar-refractivity contribution in [3.63, 3.8) is 0 Å². The molecule has 3 aliphatic heterocycles. The van der Waals surface area contributed by atoms with Crippen molar-refractivity contribution in [1.82, 2.24) is 5.32 Å². The fraction of sp³-hybridized carbons (Fsp3) is 0.263. The Balaban J connectivity index is 1.90. The molecule has 1 saturated heterocycles. The summed E-state index contributed by atoms with van der Waals surface area (Å²) in [4.78, 5) is 27.2. The topological polar surface area (TPSA) is 84.7 Å². The number of thiocarbonyl (C=S) groups is 1. The SMILES string of the molecule is CN1C(=O)[C@]2(NC(=S)[C@@]3([N+](=O)[O-])COc4c(Br)cc(Br)cc4[C@H]32)c2ccccc21. The van der Waals surface area contributed by atoms with Gasteiger partial charge in [-0.25, -0.2) is 0 Å². The molecule has 3 aliphatic rings. The quantitative estimate of drug-likeness (QED) is 0.340. The minimum absolute atomic E-state index is 0.00713. The van der Waals surface area contributed by atoms with E-state index in [2.05, 4.69) is 37.2 Å². The molecule has 0 aromatic heterocycles. The Labute approximate surface area is 187 Å². The second kappa shape index (κ2) is 5.99. The molecule has 0 radical (unpaired) electrons. The first-order chi connectivity index (χ1) is 13.7. The first-order valence-electron chi connectivity index (χ1n) is 8.71. The molecule has 0 aliphatic carbocycles. The molecular weight excluding hydrogens is 526 g/mol. The number of nitro groups is 1. The summed E-state index contributed by atoms with van der Waals surface area (Å²) in [5, 5.41) is 15.5. The van der Waals surface area contributed by atoms with Crippen LogP contribution in [0, 0.1) is 10.1 Å². The molecule has 2 aromatic rings. The number of carbonyl (C=O) groups excluding carboxylic acids is 1. The molecule has 7 nitrogen and oxygen atoms in total. The number of hydrogen-bond acceptors (Lipinski definition) is 5. The lowest BCUT2D eigenvalue weighted by atomic mass is 9.68. The van der Waals surface area contributed by atoms with Crippen LogP contribution in [0.25, 0.3) is 0 Å². The summed E-state index contributed by atoms with van der Waals surface area (Å²) in [7, 11) is 1.67. The van der Waals surface area contributed by atoms with E-state index in [-0.39, 0.29) is 17.5 Å². The van der Waals surface area contributed by atoms with E-state index < -0.39 is 21.9 Å². The van der Waals surface area contributed by atoms with Gasteiger partial charge in [0, 0.05) is 33.3 Å². The van der Waals surface area contributed by atoms with Crippen LogP contribution in [0.1, 0.15) is 17.0 Å². The maximum absolute atomic E-state index is 13.6. The van der Waals surface area contributed by atoms with Crippen LogP contribution in [0.5, 0.6) is 5.75 Å². The van der Waals surface area contributed by atoms with Crippen LogP contribution in [0.4, 0.5) is 5.69 Å². The van der Waals surface area contributed by atoms with Crippen LogP contribution in [0.3, 0.4) is 0 Å². The van der Waals surface area contributed by atoms with E-state index in [0.29, 0.717) is 31.5 Å². The molecule has 1 amide bonds. The van der Waals surface area contributed by atoms with E-state index in [4.69, 9.17) is 17.0 Å².